The quantitative estimate of drug-likeness (QED) is 0.891. The van der Waals surface area contributed by atoms with Crippen LogP contribution in [0.25, 0.3) is 0 Å². The Morgan fingerprint density at radius 3 is 2.57 bits per heavy atom. The molecule has 0 radical (unpaired) electrons. The number of hydrogen-bond acceptors (Lipinski definition) is 5. The molecular formula is C18H17N3O2. The van der Waals surface area contributed by atoms with Gasteiger partial charge in [-0.3, -0.25) is 0 Å². The van der Waals surface area contributed by atoms with Crippen molar-refractivity contribution in [1.29, 1.82) is 5.26 Å². The van der Waals surface area contributed by atoms with Crippen molar-refractivity contribution in [1.82, 2.24) is 0 Å². The van der Waals surface area contributed by atoms with E-state index in [0.717, 1.165) is 11.3 Å². The number of fused-ring (bicyclic) bond motifs is 1. The number of nitriles is 1. The molecule has 2 aromatic rings. The average molecular weight is 307 g/mol. The van der Waals surface area contributed by atoms with Crippen LogP contribution in [-0.4, -0.2) is 19.2 Å². The second kappa shape index (κ2) is 5.58. The van der Waals surface area contributed by atoms with Crippen LogP contribution in [0.2, 0.25) is 0 Å². The van der Waals surface area contributed by atoms with Gasteiger partial charge in [-0.05, 0) is 12.1 Å². The molecule has 0 amide bonds. The number of hydrogen-bond donors (Lipinski definition) is 2. The fraction of sp³-hybridized carbons (Fsp3) is 0.167. The second-order valence-electron chi connectivity index (χ2n) is 5.60. The molecule has 0 saturated heterocycles. The largest absolute Gasteiger partial charge is 0.508 e. The Bertz CT molecular complexity index is 834. The van der Waals surface area contributed by atoms with Crippen LogP contribution in [0.1, 0.15) is 17.0 Å². The highest BCUT2D eigenvalue weighted by molar-refractivity contribution is 5.62. The smallest absolute Gasteiger partial charge is 0.205 e. The van der Waals surface area contributed by atoms with Gasteiger partial charge in [0.05, 0.1) is 5.92 Å². The van der Waals surface area contributed by atoms with Crippen LogP contribution < -0.4 is 15.4 Å². The van der Waals surface area contributed by atoms with Gasteiger partial charge in [-0.2, -0.15) is 5.26 Å². The van der Waals surface area contributed by atoms with Crippen molar-refractivity contribution in [2.24, 2.45) is 5.73 Å². The van der Waals surface area contributed by atoms with E-state index in [-0.39, 0.29) is 11.6 Å². The van der Waals surface area contributed by atoms with Gasteiger partial charge in [0.2, 0.25) is 5.88 Å². The lowest BCUT2D eigenvalue weighted by atomic mass is 9.83. The number of ether oxygens (including phenoxy) is 1. The molecule has 5 heteroatoms. The first kappa shape index (κ1) is 14.8. The first-order chi connectivity index (χ1) is 11.0. The number of para-hydroxylation sites is 1. The van der Waals surface area contributed by atoms with Gasteiger partial charge in [-0.25, -0.2) is 0 Å². The van der Waals surface area contributed by atoms with Crippen LogP contribution in [0, 0.1) is 11.3 Å². The SMILES string of the molecule is CN(C)c1ccc2c(c1)OC(N)=C(C#N)C2c1ccccc1O. The Labute approximate surface area is 134 Å². The summed E-state index contributed by atoms with van der Waals surface area (Å²) in [5.41, 5.74) is 8.66. The second-order valence-corrected chi connectivity index (χ2v) is 5.60. The average Bonchev–Trinajstić information content (AvgIpc) is 2.53. The Hall–Kier alpha value is -3.13. The number of phenols is 1. The summed E-state index contributed by atoms with van der Waals surface area (Å²) in [6, 6.07) is 14.8. The maximum absolute atomic E-state index is 10.2. The van der Waals surface area contributed by atoms with Gasteiger partial charge in [0.1, 0.15) is 23.1 Å². The zero-order valence-corrected chi connectivity index (χ0v) is 12.9. The van der Waals surface area contributed by atoms with Crippen LogP contribution in [0.3, 0.4) is 0 Å². The molecule has 3 rings (SSSR count). The van der Waals surface area contributed by atoms with Crippen molar-refractivity contribution in [2.45, 2.75) is 5.92 Å². The van der Waals surface area contributed by atoms with Crippen LogP contribution in [0.4, 0.5) is 5.69 Å². The number of rotatable bonds is 2. The van der Waals surface area contributed by atoms with Gasteiger partial charge in [0.25, 0.3) is 0 Å². The monoisotopic (exact) mass is 307 g/mol. The molecule has 1 unspecified atom stereocenters. The van der Waals surface area contributed by atoms with Gasteiger partial charge in [0.15, 0.2) is 0 Å². The van der Waals surface area contributed by atoms with Crippen LogP contribution in [0.5, 0.6) is 11.5 Å². The highest BCUT2D eigenvalue weighted by Crippen LogP contribution is 2.45. The number of allylic oxidation sites excluding steroid dienone is 1. The number of phenolic OH excluding ortho intramolecular Hbond substituents is 1. The summed E-state index contributed by atoms with van der Waals surface area (Å²) in [5, 5.41) is 19.7. The summed E-state index contributed by atoms with van der Waals surface area (Å²) in [6.07, 6.45) is 0. The van der Waals surface area contributed by atoms with Crippen molar-refractivity contribution in [2.75, 3.05) is 19.0 Å². The number of aromatic hydroxyl groups is 1. The van der Waals surface area contributed by atoms with Crippen molar-refractivity contribution in [3.63, 3.8) is 0 Å². The fourth-order valence-corrected chi connectivity index (χ4v) is 2.77. The summed E-state index contributed by atoms with van der Waals surface area (Å²) >= 11 is 0. The minimum absolute atomic E-state index is 0.0733. The molecule has 0 bridgehead atoms. The molecule has 0 aromatic heterocycles. The van der Waals surface area contributed by atoms with E-state index in [1.54, 1.807) is 18.2 Å². The minimum Gasteiger partial charge on any atom is -0.508 e. The van der Waals surface area contributed by atoms with Gasteiger partial charge >= 0.3 is 0 Å². The summed E-state index contributed by atoms with van der Waals surface area (Å²) in [5.74, 6) is 0.355. The molecule has 1 heterocycles. The van der Waals surface area contributed by atoms with E-state index in [0.29, 0.717) is 16.9 Å². The maximum Gasteiger partial charge on any atom is 0.205 e. The van der Waals surface area contributed by atoms with Gasteiger partial charge in [-0.1, -0.05) is 24.3 Å². The third kappa shape index (κ3) is 2.44. The molecule has 23 heavy (non-hydrogen) atoms. The zero-order valence-electron chi connectivity index (χ0n) is 12.9. The summed E-state index contributed by atoms with van der Waals surface area (Å²) in [7, 11) is 3.87. The van der Waals surface area contributed by atoms with Crippen molar-refractivity contribution < 1.29 is 9.84 Å². The number of nitrogens with zero attached hydrogens (tertiary/aromatic N) is 2. The predicted octanol–water partition coefficient (Wildman–Crippen LogP) is 2.68. The third-order valence-electron chi connectivity index (χ3n) is 3.97. The van der Waals surface area contributed by atoms with Gasteiger partial charge < -0.3 is 20.5 Å². The molecule has 0 spiro atoms. The Morgan fingerprint density at radius 1 is 1.17 bits per heavy atom. The van der Waals surface area contributed by atoms with Gasteiger partial charge in [0, 0.05) is 37.0 Å². The first-order valence-electron chi connectivity index (χ1n) is 7.19. The molecule has 5 nitrogen and oxygen atoms in total. The van der Waals surface area contributed by atoms with E-state index in [1.165, 1.54) is 0 Å². The Morgan fingerprint density at radius 2 is 1.91 bits per heavy atom. The first-order valence-corrected chi connectivity index (χ1v) is 7.19. The summed E-state index contributed by atoms with van der Waals surface area (Å²) < 4.78 is 5.64. The normalized spacial score (nSPS) is 16.3. The third-order valence-corrected chi connectivity index (χ3v) is 3.97. The number of nitrogens with two attached hydrogens (primary N) is 1. The Kier molecular flexibility index (Phi) is 3.59. The molecule has 2 aromatic carbocycles. The van der Waals surface area contributed by atoms with E-state index in [9.17, 15) is 10.4 Å². The molecule has 116 valence electrons. The van der Waals surface area contributed by atoms with E-state index in [4.69, 9.17) is 10.5 Å². The predicted molar refractivity (Wildman–Crippen MR) is 88.2 cm³/mol. The standard InChI is InChI=1S/C18H17N3O2/c1-21(2)11-7-8-13-16(9-11)23-18(20)14(10-19)17(13)12-5-3-4-6-15(12)22/h3-9,17,22H,20H2,1-2H3. The van der Waals surface area contributed by atoms with E-state index in [2.05, 4.69) is 6.07 Å². The zero-order chi connectivity index (χ0) is 16.6. The fourth-order valence-electron chi connectivity index (χ4n) is 2.77. The molecule has 3 N–H and O–H groups in total. The van der Waals surface area contributed by atoms with Gasteiger partial charge in [-0.15, -0.1) is 0 Å². The highest BCUT2D eigenvalue weighted by Gasteiger charge is 2.32. The topological polar surface area (TPSA) is 82.5 Å². The highest BCUT2D eigenvalue weighted by atomic mass is 16.5. The molecular weight excluding hydrogens is 290 g/mol. The minimum atomic E-state index is -0.443. The molecule has 1 aliphatic heterocycles. The maximum atomic E-state index is 10.2. The molecule has 1 atom stereocenters. The van der Waals surface area contributed by atoms with Crippen molar-refractivity contribution in [3.05, 3.63) is 65.0 Å². The van der Waals surface area contributed by atoms with Crippen molar-refractivity contribution >= 4 is 5.69 Å². The van der Waals surface area contributed by atoms with E-state index in [1.807, 2.05) is 43.3 Å². The summed E-state index contributed by atoms with van der Waals surface area (Å²) in [6.45, 7) is 0. The van der Waals surface area contributed by atoms with Crippen LogP contribution >= 0.6 is 0 Å². The molecule has 0 fully saturated rings. The molecule has 1 aliphatic rings. The number of anilines is 1. The lowest BCUT2D eigenvalue weighted by Gasteiger charge is -2.28. The number of benzene rings is 2. The molecule has 0 aliphatic carbocycles. The Balaban J connectivity index is 2.22. The summed E-state index contributed by atoms with van der Waals surface area (Å²) in [4.78, 5) is 1.96. The lowest BCUT2D eigenvalue weighted by Crippen LogP contribution is -2.21. The van der Waals surface area contributed by atoms with E-state index >= 15 is 0 Å². The van der Waals surface area contributed by atoms with Crippen LogP contribution in [-0.2, 0) is 0 Å². The van der Waals surface area contributed by atoms with E-state index < -0.39 is 5.92 Å². The lowest BCUT2D eigenvalue weighted by molar-refractivity contribution is 0.391. The van der Waals surface area contributed by atoms with Crippen molar-refractivity contribution in [3.8, 4) is 17.6 Å². The van der Waals surface area contributed by atoms with Crippen LogP contribution in [0.15, 0.2) is 53.9 Å². The molecule has 0 saturated carbocycles.